The van der Waals surface area contributed by atoms with Gasteiger partial charge in [-0.15, -0.1) is 0 Å². The monoisotopic (exact) mass is 317 g/mol. The molecule has 4 heteroatoms. The highest BCUT2D eigenvalue weighted by Gasteiger charge is 2.18. The van der Waals surface area contributed by atoms with Gasteiger partial charge in [0.2, 0.25) is 0 Å². The number of hydrogen-bond acceptors (Lipinski definition) is 2. The van der Waals surface area contributed by atoms with Gasteiger partial charge in [0.05, 0.1) is 18.6 Å². The molecule has 1 atom stereocenters. The van der Waals surface area contributed by atoms with Crippen LogP contribution in [0.15, 0.2) is 42.5 Å². The van der Waals surface area contributed by atoms with Gasteiger partial charge in [-0.2, -0.15) is 5.26 Å². The van der Waals surface area contributed by atoms with Gasteiger partial charge >= 0.3 is 0 Å². The lowest BCUT2D eigenvalue weighted by Gasteiger charge is -2.13. The Morgan fingerprint density at radius 3 is 2.73 bits per heavy atom. The van der Waals surface area contributed by atoms with Crippen molar-refractivity contribution in [3.63, 3.8) is 0 Å². The molecule has 2 nitrogen and oxygen atoms in total. The van der Waals surface area contributed by atoms with Crippen molar-refractivity contribution in [1.29, 1.82) is 5.26 Å². The Bertz CT molecular complexity index is 661. The van der Waals surface area contributed by atoms with Crippen molar-refractivity contribution >= 4 is 11.6 Å². The van der Waals surface area contributed by atoms with E-state index >= 15 is 0 Å². The lowest BCUT2D eigenvalue weighted by atomic mass is 9.95. The fourth-order valence-corrected chi connectivity index (χ4v) is 2.59. The highest BCUT2D eigenvalue weighted by atomic mass is 35.5. The van der Waals surface area contributed by atoms with Gasteiger partial charge in [0.15, 0.2) is 0 Å². The zero-order valence-corrected chi connectivity index (χ0v) is 13.1. The van der Waals surface area contributed by atoms with E-state index in [0.29, 0.717) is 24.5 Å². The SMILES string of the molecule is Cc1cccc(OCCCC(C#N)c2c(F)cccc2Cl)c1. The van der Waals surface area contributed by atoms with Crippen LogP contribution in [0, 0.1) is 24.1 Å². The fourth-order valence-electron chi connectivity index (χ4n) is 2.30. The summed E-state index contributed by atoms with van der Waals surface area (Å²) in [7, 11) is 0. The third-order valence-electron chi connectivity index (χ3n) is 3.40. The van der Waals surface area contributed by atoms with E-state index in [1.807, 2.05) is 31.2 Å². The van der Waals surface area contributed by atoms with Crippen LogP contribution in [0.5, 0.6) is 5.75 Å². The Morgan fingerprint density at radius 1 is 1.27 bits per heavy atom. The van der Waals surface area contributed by atoms with E-state index in [9.17, 15) is 9.65 Å². The maximum Gasteiger partial charge on any atom is 0.129 e. The van der Waals surface area contributed by atoms with Crippen LogP contribution >= 0.6 is 11.6 Å². The highest BCUT2D eigenvalue weighted by Crippen LogP contribution is 2.30. The zero-order chi connectivity index (χ0) is 15.9. The fraction of sp³-hybridized carbons (Fsp3) is 0.278. The smallest absolute Gasteiger partial charge is 0.129 e. The number of aryl methyl sites for hydroxylation is 1. The normalized spacial score (nSPS) is 11.7. The summed E-state index contributed by atoms with van der Waals surface area (Å²) in [5.41, 5.74) is 1.41. The predicted molar refractivity (Wildman–Crippen MR) is 85.7 cm³/mol. The van der Waals surface area contributed by atoms with Crippen LogP contribution in [0.1, 0.15) is 29.9 Å². The summed E-state index contributed by atoms with van der Waals surface area (Å²) in [4.78, 5) is 0. The summed E-state index contributed by atoms with van der Waals surface area (Å²) in [6.45, 7) is 2.48. The van der Waals surface area contributed by atoms with Crippen LogP contribution in [-0.2, 0) is 0 Å². The Balaban J connectivity index is 1.91. The van der Waals surface area contributed by atoms with Crippen LogP contribution in [0.2, 0.25) is 5.02 Å². The lowest BCUT2D eigenvalue weighted by Crippen LogP contribution is -2.04. The molecule has 0 saturated carbocycles. The summed E-state index contributed by atoms with van der Waals surface area (Å²) in [6.07, 6.45) is 1.15. The third-order valence-corrected chi connectivity index (χ3v) is 3.73. The van der Waals surface area contributed by atoms with Gasteiger partial charge in [-0.1, -0.05) is 29.8 Å². The summed E-state index contributed by atoms with van der Waals surface area (Å²) < 4.78 is 19.5. The number of benzene rings is 2. The van der Waals surface area contributed by atoms with Crippen LogP contribution in [-0.4, -0.2) is 6.61 Å². The Kier molecular flexibility index (Phi) is 5.80. The van der Waals surface area contributed by atoms with Crippen molar-refractivity contribution in [2.75, 3.05) is 6.61 Å². The summed E-state index contributed by atoms with van der Waals surface area (Å²) in [5, 5.41) is 9.56. The van der Waals surface area contributed by atoms with Gasteiger partial charge < -0.3 is 4.74 Å². The van der Waals surface area contributed by atoms with E-state index in [1.165, 1.54) is 12.1 Å². The van der Waals surface area contributed by atoms with Crippen molar-refractivity contribution in [1.82, 2.24) is 0 Å². The number of nitriles is 1. The minimum Gasteiger partial charge on any atom is -0.494 e. The zero-order valence-electron chi connectivity index (χ0n) is 12.4. The summed E-state index contributed by atoms with van der Waals surface area (Å²) in [6, 6.07) is 14.4. The van der Waals surface area contributed by atoms with Gasteiger partial charge in [-0.05, 0) is 49.6 Å². The molecule has 0 radical (unpaired) electrons. The van der Waals surface area contributed by atoms with Gasteiger partial charge in [0.1, 0.15) is 11.6 Å². The summed E-state index contributed by atoms with van der Waals surface area (Å²) >= 11 is 6.01. The van der Waals surface area contributed by atoms with Gasteiger partial charge in [-0.25, -0.2) is 4.39 Å². The van der Waals surface area contributed by atoms with Crippen molar-refractivity contribution in [3.8, 4) is 11.8 Å². The second kappa shape index (κ2) is 7.82. The molecule has 22 heavy (non-hydrogen) atoms. The molecule has 0 spiro atoms. The minimum absolute atomic E-state index is 0.280. The molecule has 0 aliphatic carbocycles. The average Bonchev–Trinajstić information content (AvgIpc) is 2.49. The number of rotatable bonds is 6. The highest BCUT2D eigenvalue weighted by molar-refractivity contribution is 6.31. The quantitative estimate of drug-likeness (QED) is 0.681. The van der Waals surface area contributed by atoms with Crippen LogP contribution in [0.3, 0.4) is 0 Å². The molecule has 0 aromatic heterocycles. The molecule has 0 bridgehead atoms. The molecular formula is C18H17ClFNO. The van der Waals surface area contributed by atoms with E-state index in [4.69, 9.17) is 16.3 Å². The number of hydrogen-bond donors (Lipinski definition) is 0. The van der Waals surface area contributed by atoms with Crippen LogP contribution < -0.4 is 4.74 Å². The van der Waals surface area contributed by atoms with Gasteiger partial charge in [-0.3, -0.25) is 0 Å². The molecule has 0 fully saturated rings. The standard InChI is InChI=1S/C18H17ClFNO/c1-13-5-2-7-15(11-13)22-10-4-6-14(12-21)18-16(19)8-3-9-17(18)20/h2-3,5,7-9,11,14H,4,6,10H2,1H3. The first-order valence-electron chi connectivity index (χ1n) is 7.15. The van der Waals surface area contributed by atoms with E-state index in [2.05, 4.69) is 6.07 Å². The molecule has 0 N–H and O–H groups in total. The molecule has 0 heterocycles. The molecule has 0 amide bonds. The van der Waals surface area contributed by atoms with Gasteiger partial charge in [0.25, 0.3) is 0 Å². The summed E-state index contributed by atoms with van der Waals surface area (Å²) in [5.74, 6) is -0.189. The molecule has 0 aliphatic heterocycles. The van der Waals surface area contributed by atoms with E-state index < -0.39 is 11.7 Å². The lowest BCUT2D eigenvalue weighted by molar-refractivity contribution is 0.304. The maximum atomic E-state index is 13.8. The number of ether oxygens (including phenoxy) is 1. The van der Waals surface area contributed by atoms with E-state index in [0.717, 1.165) is 11.3 Å². The predicted octanol–water partition coefficient (Wildman–Crippen LogP) is 5.25. The van der Waals surface area contributed by atoms with Crippen molar-refractivity contribution in [2.24, 2.45) is 0 Å². The van der Waals surface area contributed by atoms with Crippen molar-refractivity contribution < 1.29 is 9.13 Å². The number of nitrogens with zero attached hydrogens (tertiary/aromatic N) is 1. The molecule has 2 aromatic carbocycles. The van der Waals surface area contributed by atoms with E-state index in [-0.39, 0.29) is 5.56 Å². The molecule has 2 rings (SSSR count). The van der Waals surface area contributed by atoms with E-state index in [1.54, 1.807) is 6.07 Å². The maximum absolute atomic E-state index is 13.8. The van der Waals surface area contributed by atoms with Crippen LogP contribution in [0.25, 0.3) is 0 Å². The first kappa shape index (κ1) is 16.3. The largest absolute Gasteiger partial charge is 0.494 e. The van der Waals surface area contributed by atoms with Crippen molar-refractivity contribution in [2.45, 2.75) is 25.7 Å². The molecular weight excluding hydrogens is 301 g/mol. The third kappa shape index (κ3) is 4.22. The first-order valence-corrected chi connectivity index (χ1v) is 7.52. The molecule has 1 unspecified atom stereocenters. The topological polar surface area (TPSA) is 33.0 Å². The molecule has 0 aliphatic rings. The Labute approximate surface area is 135 Å². The Morgan fingerprint density at radius 2 is 2.05 bits per heavy atom. The van der Waals surface area contributed by atoms with Crippen molar-refractivity contribution in [3.05, 3.63) is 64.4 Å². The average molecular weight is 318 g/mol. The second-order valence-corrected chi connectivity index (χ2v) is 5.53. The molecule has 2 aromatic rings. The minimum atomic E-state index is -0.560. The van der Waals surface area contributed by atoms with Crippen LogP contribution in [0.4, 0.5) is 4.39 Å². The second-order valence-electron chi connectivity index (χ2n) is 5.12. The Hall–Kier alpha value is -2.05. The molecule has 0 saturated heterocycles. The van der Waals surface area contributed by atoms with Gasteiger partial charge in [0, 0.05) is 10.6 Å². The number of halogens is 2. The first-order chi connectivity index (χ1) is 10.6. The molecule has 114 valence electrons.